The Morgan fingerprint density at radius 2 is 2.15 bits per heavy atom. The molecule has 0 aliphatic heterocycles. The van der Waals surface area contributed by atoms with Crippen molar-refractivity contribution in [2.45, 2.75) is 11.9 Å². The van der Waals surface area contributed by atoms with E-state index in [1.54, 1.807) is 17.5 Å². The standard InChI is InChI=1S/C19H16N4OS2/c1-13-5-2-3-6-14(13)21-18(24)12-26-19-16-11-15(17-7-4-10-25-17)22-23(16)9-8-20-19/h2-11H,12H2,1H3,(H,21,24). The van der Waals surface area contributed by atoms with E-state index >= 15 is 0 Å². The van der Waals surface area contributed by atoms with Gasteiger partial charge in [-0.15, -0.1) is 11.3 Å². The van der Waals surface area contributed by atoms with E-state index in [2.05, 4.69) is 15.4 Å². The average Bonchev–Trinajstić information content (AvgIpc) is 3.31. The van der Waals surface area contributed by atoms with Crippen molar-refractivity contribution in [3.63, 3.8) is 0 Å². The predicted molar refractivity (Wildman–Crippen MR) is 107 cm³/mol. The molecule has 1 aromatic carbocycles. The molecule has 0 fully saturated rings. The van der Waals surface area contributed by atoms with Gasteiger partial charge >= 0.3 is 0 Å². The number of thiophene rings is 1. The number of aromatic nitrogens is 3. The van der Waals surface area contributed by atoms with Crippen molar-refractivity contribution in [2.24, 2.45) is 0 Å². The molecule has 4 rings (SSSR count). The minimum absolute atomic E-state index is 0.0499. The summed E-state index contributed by atoms with van der Waals surface area (Å²) < 4.78 is 1.81. The normalized spacial score (nSPS) is 11.0. The van der Waals surface area contributed by atoms with Gasteiger partial charge in [-0.1, -0.05) is 36.0 Å². The van der Waals surface area contributed by atoms with Gasteiger partial charge in [0.05, 0.1) is 16.1 Å². The van der Waals surface area contributed by atoms with E-state index in [0.29, 0.717) is 5.75 Å². The van der Waals surface area contributed by atoms with Crippen molar-refractivity contribution in [2.75, 3.05) is 11.1 Å². The van der Waals surface area contributed by atoms with Crippen LogP contribution in [0.4, 0.5) is 5.69 Å². The van der Waals surface area contributed by atoms with Crippen LogP contribution in [0.1, 0.15) is 5.56 Å². The second kappa shape index (κ2) is 7.31. The van der Waals surface area contributed by atoms with E-state index in [9.17, 15) is 4.79 Å². The molecule has 0 saturated carbocycles. The molecule has 4 aromatic rings. The monoisotopic (exact) mass is 380 g/mol. The van der Waals surface area contributed by atoms with Crippen LogP contribution >= 0.6 is 23.1 Å². The first-order valence-corrected chi connectivity index (χ1v) is 9.94. The van der Waals surface area contributed by atoms with Crippen LogP contribution in [-0.2, 0) is 4.79 Å². The van der Waals surface area contributed by atoms with Crippen molar-refractivity contribution in [3.05, 3.63) is 65.8 Å². The van der Waals surface area contributed by atoms with Crippen LogP contribution in [0.5, 0.6) is 0 Å². The molecule has 1 amide bonds. The molecule has 3 aromatic heterocycles. The van der Waals surface area contributed by atoms with Gasteiger partial charge in [0.1, 0.15) is 10.7 Å². The minimum Gasteiger partial charge on any atom is -0.325 e. The smallest absolute Gasteiger partial charge is 0.234 e. The Bertz CT molecular complexity index is 1060. The van der Waals surface area contributed by atoms with Gasteiger partial charge in [0, 0.05) is 18.1 Å². The zero-order valence-corrected chi connectivity index (χ0v) is 15.7. The van der Waals surface area contributed by atoms with Gasteiger partial charge in [-0.2, -0.15) is 5.10 Å². The molecule has 0 aliphatic carbocycles. The number of aryl methyl sites for hydroxylation is 1. The van der Waals surface area contributed by atoms with Gasteiger partial charge < -0.3 is 5.32 Å². The molecule has 3 heterocycles. The molecule has 26 heavy (non-hydrogen) atoms. The summed E-state index contributed by atoms with van der Waals surface area (Å²) in [5.41, 5.74) is 3.71. The molecular formula is C19H16N4OS2. The molecule has 5 nitrogen and oxygen atoms in total. The zero-order chi connectivity index (χ0) is 17.9. The lowest BCUT2D eigenvalue weighted by atomic mass is 10.2. The van der Waals surface area contributed by atoms with Crippen LogP contribution in [-0.4, -0.2) is 26.3 Å². The van der Waals surface area contributed by atoms with Crippen molar-refractivity contribution in [1.82, 2.24) is 14.6 Å². The van der Waals surface area contributed by atoms with Crippen LogP contribution in [0.2, 0.25) is 0 Å². The fourth-order valence-corrected chi connectivity index (χ4v) is 4.04. The summed E-state index contributed by atoms with van der Waals surface area (Å²) in [6.45, 7) is 1.98. The number of amides is 1. The molecular weight excluding hydrogens is 364 g/mol. The summed E-state index contributed by atoms with van der Waals surface area (Å²) >= 11 is 3.06. The number of nitrogens with one attached hydrogen (secondary N) is 1. The van der Waals surface area contributed by atoms with Gasteiger partial charge in [-0.25, -0.2) is 9.50 Å². The van der Waals surface area contributed by atoms with Gasteiger partial charge in [0.25, 0.3) is 0 Å². The molecule has 0 bridgehead atoms. The third-order valence-electron chi connectivity index (χ3n) is 3.89. The SMILES string of the molecule is Cc1ccccc1NC(=O)CSc1nccn2nc(-c3cccs3)cc12. The first-order valence-electron chi connectivity index (χ1n) is 8.07. The van der Waals surface area contributed by atoms with Crippen molar-refractivity contribution in [3.8, 4) is 10.6 Å². The van der Waals surface area contributed by atoms with E-state index in [4.69, 9.17) is 0 Å². The van der Waals surface area contributed by atoms with Gasteiger partial charge in [-0.3, -0.25) is 4.79 Å². The average molecular weight is 380 g/mol. The number of carbonyl (C=O) groups is 1. The fourth-order valence-electron chi connectivity index (χ4n) is 2.59. The number of benzene rings is 1. The highest BCUT2D eigenvalue weighted by Crippen LogP contribution is 2.28. The number of rotatable bonds is 5. The number of anilines is 1. The molecule has 0 aliphatic rings. The maximum Gasteiger partial charge on any atom is 0.234 e. The zero-order valence-electron chi connectivity index (χ0n) is 14.0. The Kier molecular flexibility index (Phi) is 4.73. The summed E-state index contributed by atoms with van der Waals surface area (Å²) in [4.78, 5) is 17.8. The Morgan fingerprint density at radius 1 is 1.27 bits per heavy atom. The molecule has 130 valence electrons. The Hall–Kier alpha value is -2.64. The number of para-hydroxylation sites is 1. The molecule has 7 heteroatoms. The summed E-state index contributed by atoms with van der Waals surface area (Å²) in [6, 6.07) is 13.8. The van der Waals surface area contributed by atoms with Crippen LogP contribution in [0.15, 0.2) is 65.3 Å². The number of nitrogens with zero attached hydrogens (tertiary/aromatic N) is 3. The predicted octanol–water partition coefficient (Wildman–Crippen LogP) is 4.50. The third-order valence-corrected chi connectivity index (χ3v) is 5.77. The molecule has 0 atom stereocenters. The van der Waals surface area contributed by atoms with Gasteiger partial charge in [0.15, 0.2) is 0 Å². The number of hydrogen-bond acceptors (Lipinski definition) is 5. The topological polar surface area (TPSA) is 59.3 Å². The maximum absolute atomic E-state index is 12.3. The lowest BCUT2D eigenvalue weighted by molar-refractivity contribution is -0.113. The van der Waals surface area contributed by atoms with Crippen molar-refractivity contribution >= 4 is 40.2 Å². The highest BCUT2D eigenvalue weighted by molar-refractivity contribution is 8.00. The number of fused-ring (bicyclic) bond motifs is 1. The Labute approximate surface area is 159 Å². The van der Waals surface area contributed by atoms with Gasteiger partial charge in [-0.05, 0) is 36.1 Å². The summed E-state index contributed by atoms with van der Waals surface area (Å²) in [7, 11) is 0. The summed E-state index contributed by atoms with van der Waals surface area (Å²) in [5.74, 6) is 0.242. The first kappa shape index (κ1) is 16.8. The summed E-state index contributed by atoms with van der Waals surface area (Å²) in [5, 5.41) is 10.4. The van der Waals surface area contributed by atoms with E-state index in [1.165, 1.54) is 11.8 Å². The molecule has 0 saturated heterocycles. The third kappa shape index (κ3) is 3.49. The van der Waals surface area contributed by atoms with Crippen LogP contribution in [0.25, 0.3) is 16.1 Å². The molecule has 0 unspecified atom stereocenters. The lowest BCUT2D eigenvalue weighted by Crippen LogP contribution is -2.14. The number of carbonyl (C=O) groups excluding carboxylic acids is 1. The van der Waals surface area contributed by atoms with Crippen LogP contribution < -0.4 is 5.32 Å². The minimum atomic E-state index is -0.0499. The van der Waals surface area contributed by atoms with E-state index < -0.39 is 0 Å². The van der Waals surface area contributed by atoms with Crippen molar-refractivity contribution in [1.29, 1.82) is 0 Å². The number of hydrogen-bond donors (Lipinski definition) is 1. The largest absolute Gasteiger partial charge is 0.325 e. The Morgan fingerprint density at radius 3 is 2.96 bits per heavy atom. The van der Waals surface area contributed by atoms with Crippen LogP contribution in [0, 0.1) is 6.92 Å². The van der Waals surface area contributed by atoms with E-state index in [0.717, 1.165) is 32.4 Å². The van der Waals surface area contributed by atoms with E-state index in [-0.39, 0.29) is 5.91 Å². The second-order valence-corrected chi connectivity index (χ2v) is 7.63. The highest BCUT2D eigenvalue weighted by atomic mass is 32.2. The molecule has 0 spiro atoms. The van der Waals surface area contributed by atoms with Gasteiger partial charge in [0.2, 0.25) is 5.91 Å². The molecule has 0 radical (unpaired) electrons. The summed E-state index contributed by atoms with van der Waals surface area (Å²) in [6.07, 6.45) is 3.53. The highest BCUT2D eigenvalue weighted by Gasteiger charge is 2.12. The number of thioether (sulfide) groups is 1. The first-order chi connectivity index (χ1) is 12.7. The molecule has 1 N–H and O–H groups in total. The quantitative estimate of drug-likeness (QED) is 0.518. The fraction of sp³-hybridized carbons (Fsp3) is 0.105. The van der Waals surface area contributed by atoms with Crippen LogP contribution in [0.3, 0.4) is 0 Å². The van der Waals surface area contributed by atoms with E-state index in [1.807, 2.05) is 65.5 Å². The second-order valence-electron chi connectivity index (χ2n) is 5.72. The van der Waals surface area contributed by atoms with Crippen molar-refractivity contribution < 1.29 is 4.79 Å². The lowest BCUT2D eigenvalue weighted by Gasteiger charge is -2.08. The Balaban J connectivity index is 1.50. The maximum atomic E-state index is 12.3.